The normalized spacial score (nSPS) is 13.7. The van der Waals surface area contributed by atoms with Gasteiger partial charge >= 0.3 is 0 Å². The lowest BCUT2D eigenvalue weighted by molar-refractivity contribution is -0.119. The van der Waals surface area contributed by atoms with E-state index < -0.39 is 0 Å². The standard InChI is InChI=1S/C17H24N2O2/c1-3-4-9-18-17(21)12-19-10-5-6-15-11-14(13(2)20)7-8-16(15)19/h7-8,11H,3-6,9-10,12H2,1-2H3,(H,18,21). The van der Waals surface area contributed by atoms with Crippen molar-refractivity contribution in [2.45, 2.75) is 39.5 Å². The zero-order valence-electron chi connectivity index (χ0n) is 12.9. The largest absolute Gasteiger partial charge is 0.362 e. The molecule has 1 aliphatic rings. The molecule has 1 aromatic rings. The molecule has 114 valence electrons. The lowest BCUT2D eigenvalue weighted by Crippen LogP contribution is -2.40. The summed E-state index contributed by atoms with van der Waals surface area (Å²) in [6.45, 7) is 5.74. The first-order valence-electron chi connectivity index (χ1n) is 7.77. The van der Waals surface area contributed by atoms with Crippen molar-refractivity contribution in [3.8, 4) is 0 Å². The molecule has 0 bridgehead atoms. The lowest BCUT2D eigenvalue weighted by Gasteiger charge is -2.31. The Balaban J connectivity index is 2.04. The Morgan fingerprint density at radius 1 is 1.33 bits per heavy atom. The summed E-state index contributed by atoms with van der Waals surface area (Å²) in [5.41, 5.74) is 3.02. The van der Waals surface area contributed by atoms with Crippen molar-refractivity contribution in [1.29, 1.82) is 0 Å². The number of ketones is 1. The molecular weight excluding hydrogens is 264 g/mol. The number of Topliss-reactive ketones (excluding diaryl/α,β-unsaturated/α-hetero) is 1. The first-order valence-corrected chi connectivity index (χ1v) is 7.77. The van der Waals surface area contributed by atoms with Gasteiger partial charge in [-0.05, 0) is 49.9 Å². The maximum Gasteiger partial charge on any atom is 0.239 e. The van der Waals surface area contributed by atoms with E-state index in [2.05, 4.69) is 17.1 Å². The zero-order chi connectivity index (χ0) is 15.2. The predicted molar refractivity (Wildman–Crippen MR) is 84.9 cm³/mol. The summed E-state index contributed by atoms with van der Waals surface area (Å²) in [4.78, 5) is 25.5. The molecule has 0 aliphatic carbocycles. The van der Waals surface area contributed by atoms with Crippen LogP contribution in [0.3, 0.4) is 0 Å². The van der Waals surface area contributed by atoms with Gasteiger partial charge in [0.1, 0.15) is 0 Å². The molecule has 0 fully saturated rings. The number of rotatable bonds is 6. The number of fused-ring (bicyclic) bond motifs is 1. The van der Waals surface area contributed by atoms with Crippen molar-refractivity contribution >= 4 is 17.4 Å². The highest BCUT2D eigenvalue weighted by Crippen LogP contribution is 2.27. The van der Waals surface area contributed by atoms with Crippen LogP contribution in [-0.2, 0) is 11.2 Å². The van der Waals surface area contributed by atoms with Crippen LogP contribution >= 0.6 is 0 Å². The molecule has 4 nitrogen and oxygen atoms in total. The van der Waals surface area contributed by atoms with E-state index in [0.717, 1.165) is 50.0 Å². The number of nitrogens with zero attached hydrogens (tertiary/aromatic N) is 1. The average Bonchev–Trinajstić information content (AvgIpc) is 2.47. The van der Waals surface area contributed by atoms with Crippen LogP contribution in [0, 0.1) is 0 Å². The number of benzene rings is 1. The summed E-state index contributed by atoms with van der Waals surface area (Å²) in [6, 6.07) is 5.80. The van der Waals surface area contributed by atoms with Crippen molar-refractivity contribution in [1.82, 2.24) is 5.32 Å². The number of nitrogens with one attached hydrogen (secondary N) is 1. The minimum Gasteiger partial charge on any atom is -0.362 e. The molecule has 2 rings (SSSR count). The van der Waals surface area contributed by atoms with E-state index in [-0.39, 0.29) is 11.7 Å². The van der Waals surface area contributed by atoms with Crippen LogP contribution in [0.1, 0.15) is 49.0 Å². The minimum atomic E-state index is 0.0759. The molecule has 1 amide bonds. The van der Waals surface area contributed by atoms with Crippen LogP contribution in [0.15, 0.2) is 18.2 Å². The number of carbonyl (C=O) groups excluding carboxylic acids is 2. The van der Waals surface area contributed by atoms with Gasteiger partial charge in [-0.3, -0.25) is 9.59 Å². The minimum absolute atomic E-state index is 0.0759. The van der Waals surface area contributed by atoms with Crippen molar-refractivity contribution in [3.05, 3.63) is 29.3 Å². The molecule has 0 saturated heterocycles. The van der Waals surface area contributed by atoms with Crippen LogP contribution in [0.5, 0.6) is 0 Å². The third-order valence-corrected chi connectivity index (χ3v) is 3.89. The summed E-state index contributed by atoms with van der Waals surface area (Å²) in [5, 5.41) is 2.96. The molecule has 0 aromatic heterocycles. The molecule has 0 spiro atoms. The number of amides is 1. The molecule has 0 radical (unpaired) electrons. The Morgan fingerprint density at radius 2 is 2.14 bits per heavy atom. The summed E-state index contributed by atoms with van der Waals surface area (Å²) < 4.78 is 0. The molecule has 1 heterocycles. The van der Waals surface area contributed by atoms with Crippen LogP contribution < -0.4 is 10.2 Å². The molecule has 0 atom stereocenters. The maximum atomic E-state index is 12.0. The second kappa shape index (κ2) is 7.25. The fourth-order valence-corrected chi connectivity index (χ4v) is 2.69. The highest BCUT2D eigenvalue weighted by molar-refractivity contribution is 5.95. The molecular formula is C17H24N2O2. The number of unbranched alkanes of at least 4 members (excludes halogenated alkanes) is 1. The quantitative estimate of drug-likeness (QED) is 0.646. The Kier molecular flexibility index (Phi) is 5.37. The molecule has 21 heavy (non-hydrogen) atoms. The van der Waals surface area contributed by atoms with Crippen LogP contribution in [-0.4, -0.2) is 31.3 Å². The fraction of sp³-hybridized carbons (Fsp3) is 0.529. The Hall–Kier alpha value is -1.84. The van der Waals surface area contributed by atoms with Gasteiger partial charge in [-0.1, -0.05) is 13.3 Å². The van der Waals surface area contributed by atoms with Crippen molar-refractivity contribution in [3.63, 3.8) is 0 Å². The number of carbonyl (C=O) groups is 2. The first-order chi connectivity index (χ1) is 10.1. The molecule has 1 aromatic carbocycles. The highest BCUT2D eigenvalue weighted by atomic mass is 16.2. The summed E-state index contributed by atoms with van der Waals surface area (Å²) in [7, 11) is 0. The van der Waals surface area contributed by atoms with Gasteiger partial charge in [-0.2, -0.15) is 0 Å². The van der Waals surface area contributed by atoms with Gasteiger partial charge in [0.25, 0.3) is 0 Å². The van der Waals surface area contributed by atoms with E-state index in [4.69, 9.17) is 0 Å². The Bertz CT molecular complexity index is 526. The smallest absolute Gasteiger partial charge is 0.239 e. The fourth-order valence-electron chi connectivity index (χ4n) is 2.69. The monoisotopic (exact) mass is 288 g/mol. The van der Waals surface area contributed by atoms with Gasteiger partial charge < -0.3 is 10.2 Å². The van der Waals surface area contributed by atoms with E-state index >= 15 is 0 Å². The van der Waals surface area contributed by atoms with E-state index in [1.165, 1.54) is 5.56 Å². The van der Waals surface area contributed by atoms with Gasteiger partial charge in [0, 0.05) is 24.3 Å². The highest BCUT2D eigenvalue weighted by Gasteiger charge is 2.19. The Labute approximate surface area is 126 Å². The number of hydrogen-bond donors (Lipinski definition) is 1. The lowest BCUT2D eigenvalue weighted by atomic mass is 9.98. The van der Waals surface area contributed by atoms with E-state index in [0.29, 0.717) is 6.54 Å². The van der Waals surface area contributed by atoms with Gasteiger partial charge in [0.05, 0.1) is 6.54 Å². The van der Waals surface area contributed by atoms with Crippen molar-refractivity contribution in [2.75, 3.05) is 24.5 Å². The number of aryl methyl sites for hydroxylation is 1. The van der Waals surface area contributed by atoms with Gasteiger partial charge in [0.2, 0.25) is 5.91 Å². The second-order valence-electron chi connectivity index (χ2n) is 5.63. The zero-order valence-corrected chi connectivity index (χ0v) is 12.9. The van der Waals surface area contributed by atoms with Crippen LogP contribution in [0.25, 0.3) is 0 Å². The average molecular weight is 288 g/mol. The van der Waals surface area contributed by atoms with Crippen molar-refractivity contribution < 1.29 is 9.59 Å². The van der Waals surface area contributed by atoms with Gasteiger partial charge in [-0.15, -0.1) is 0 Å². The van der Waals surface area contributed by atoms with Crippen LogP contribution in [0.4, 0.5) is 5.69 Å². The van der Waals surface area contributed by atoms with Crippen molar-refractivity contribution in [2.24, 2.45) is 0 Å². The summed E-state index contributed by atoms with van der Waals surface area (Å²) in [5.74, 6) is 0.166. The summed E-state index contributed by atoms with van der Waals surface area (Å²) in [6.07, 6.45) is 4.10. The van der Waals surface area contributed by atoms with Gasteiger partial charge in [0.15, 0.2) is 5.78 Å². The predicted octanol–water partition coefficient (Wildman–Crippen LogP) is 2.56. The van der Waals surface area contributed by atoms with E-state index in [1.54, 1.807) is 6.92 Å². The van der Waals surface area contributed by atoms with Crippen LogP contribution in [0.2, 0.25) is 0 Å². The SMILES string of the molecule is CCCCNC(=O)CN1CCCc2cc(C(C)=O)ccc21. The molecule has 0 saturated carbocycles. The Morgan fingerprint density at radius 3 is 2.86 bits per heavy atom. The molecule has 1 aliphatic heterocycles. The second-order valence-corrected chi connectivity index (χ2v) is 5.63. The number of anilines is 1. The topological polar surface area (TPSA) is 49.4 Å². The van der Waals surface area contributed by atoms with E-state index in [9.17, 15) is 9.59 Å². The number of hydrogen-bond acceptors (Lipinski definition) is 3. The van der Waals surface area contributed by atoms with E-state index in [1.807, 2.05) is 18.2 Å². The maximum absolute atomic E-state index is 12.0. The molecule has 1 N–H and O–H groups in total. The summed E-state index contributed by atoms with van der Waals surface area (Å²) >= 11 is 0. The third kappa shape index (κ3) is 4.06. The molecule has 4 heteroatoms. The first kappa shape index (κ1) is 15.5. The van der Waals surface area contributed by atoms with Gasteiger partial charge in [-0.25, -0.2) is 0 Å². The third-order valence-electron chi connectivity index (χ3n) is 3.89. The molecule has 0 unspecified atom stereocenters.